The van der Waals surface area contributed by atoms with Gasteiger partial charge in [-0.15, -0.1) is 0 Å². The average Bonchev–Trinajstić information content (AvgIpc) is 2.57. The predicted octanol–water partition coefficient (Wildman–Crippen LogP) is 3.58. The molecule has 0 fully saturated rings. The van der Waals surface area contributed by atoms with Gasteiger partial charge in [-0.1, -0.05) is 25.1 Å². The molecule has 0 bridgehead atoms. The van der Waals surface area contributed by atoms with E-state index in [1.54, 1.807) is 19.1 Å². The zero-order valence-corrected chi connectivity index (χ0v) is 14.6. The van der Waals surface area contributed by atoms with Crippen LogP contribution in [0.15, 0.2) is 54.6 Å². The highest BCUT2D eigenvalue weighted by molar-refractivity contribution is 7.92. The Morgan fingerprint density at radius 1 is 0.958 bits per heavy atom. The molecule has 128 valence electrons. The van der Waals surface area contributed by atoms with E-state index < -0.39 is 21.0 Å². The zero-order chi connectivity index (χ0) is 17.6. The van der Waals surface area contributed by atoms with Crippen LogP contribution < -0.4 is 10.6 Å². The van der Waals surface area contributed by atoms with Crippen LogP contribution in [0, 0.1) is 0 Å². The Morgan fingerprint density at radius 2 is 1.50 bits per heavy atom. The molecule has 0 radical (unpaired) electrons. The molecule has 0 saturated heterocycles. The van der Waals surface area contributed by atoms with E-state index in [1.807, 2.05) is 42.5 Å². The fourth-order valence-corrected chi connectivity index (χ4v) is 3.50. The van der Waals surface area contributed by atoms with Gasteiger partial charge in [0.15, 0.2) is 9.84 Å². The van der Waals surface area contributed by atoms with Crippen molar-refractivity contribution in [3.8, 4) is 0 Å². The van der Waals surface area contributed by atoms with Crippen molar-refractivity contribution in [3.05, 3.63) is 54.6 Å². The lowest BCUT2D eigenvalue weighted by atomic mass is 10.2. The summed E-state index contributed by atoms with van der Waals surface area (Å²) in [4.78, 5) is 12.1. The van der Waals surface area contributed by atoms with Crippen molar-refractivity contribution < 1.29 is 13.2 Å². The Bertz CT molecular complexity index is 772. The third kappa shape index (κ3) is 4.83. The van der Waals surface area contributed by atoms with Crippen LogP contribution in [0.2, 0.25) is 0 Å². The van der Waals surface area contributed by atoms with Crippen LogP contribution in [-0.4, -0.2) is 25.3 Å². The van der Waals surface area contributed by atoms with Crippen LogP contribution in [-0.2, 0) is 14.6 Å². The highest BCUT2D eigenvalue weighted by atomic mass is 32.2. The van der Waals surface area contributed by atoms with Gasteiger partial charge in [0, 0.05) is 17.1 Å². The Balaban J connectivity index is 2.00. The lowest BCUT2D eigenvalue weighted by Gasteiger charge is -2.13. The first-order valence-corrected chi connectivity index (χ1v) is 9.58. The van der Waals surface area contributed by atoms with Crippen LogP contribution in [0.25, 0.3) is 0 Å². The topological polar surface area (TPSA) is 75.3 Å². The number of sulfone groups is 1. The minimum Gasteiger partial charge on any atom is -0.356 e. The van der Waals surface area contributed by atoms with E-state index in [4.69, 9.17) is 0 Å². The molecule has 1 atom stereocenters. The molecular formula is C18H22N2O3S. The fourth-order valence-electron chi connectivity index (χ4n) is 2.19. The van der Waals surface area contributed by atoms with Crippen LogP contribution >= 0.6 is 0 Å². The van der Waals surface area contributed by atoms with Crippen molar-refractivity contribution in [1.82, 2.24) is 0 Å². The van der Waals surface area contributed by atoms with E-state index in [0.717, 1.165) is 11.4 Å². The molecule has 2 N–H and O–H groups in total. The Hall–Kier alpha value is -2.34. The predicted molar refractivity (Wildman–Crippen MR) is 98.3 cm³/mol. The van der Waals surface area contributed by atoms with Gasteiger partial charge in [-0.3, -0.25) is 4.79 Å². The molecule has 0 spiro atoms. The first-order chi connectivity index (χ1) is 11.4. The van der Waals surface area contributed by atoms with Crippen LogP contribution in [0.5, 0.6) is 0 Å². The highest BCUT2D eigenvalue weighted by Gasteiger charge is 2.26. The molecule has 6 heteroatoms. The lowest BCUT2D eigenvalue weighted by Crippen LogP contribution is -2.34. The van der Waals surface area contributed by atoms with Crippen molar-refractivity contribution in [2.45, 2.75) is 25.5 Å². The molecule has 0 aliphatic rings. The van der Waals surface area contributed by atoms with Crippen LogP contribution in [0.3, 0.4) is 0 Å². The highest BCUT2D eigenvalue weighted by Crippen LogP contribution is 2.19. The minimum absolute atomic E-state index is 0.0154. The van der Waals surface area contributed by atoms with Crippen molar-refractivity contribution in [2.24, 2.45) is 0 Å². The first-order valence-electron chi connectivity index (χ1n) is 7.87. The largest absolute Gasteiger partial charge is 0.356 e. The molecule has 2 aromatic carbocycles. The minimum atomic E-state index is -3.40. The second kappa shape index (κ2) is 7.97. The molecule has 2 aromatic rings. The lowest BCUT2D eigenvalue weighted by molar-refractivity contribution is -0.115. The summed E-state index contributed by atoms with van der Waals surface area (Å²) in [5, 5.41) is 4.84. The second-order valence-corrected chi connectivity index (χ2v) is 8.01. The number of benzene rings is 2. The van der Waals surface area contributed by atoms with Gasteiger partial charge in [-0.2, -0.15) is 0 Å². The van der Waals surface area contributed by atoms with E-state index in [0.29, 0.717) is 12.1 Å². The number of nitrogens with one attached hydrogen (secondary N) is 2. The van der Waals surface area contributed by atoms with Crippen molar-refractivity contribution in [3.63, 3.8) is 0 Å². The quantitative estimate of drug-likeness (QED) is 0.803. The number of amides is 1. The fraction of sp³-hybridized carbons (Fsp3) is 0.278. The Labute approximate surface area is 143 Å². The first kappa shape index (κ1) is 18.0. The van der Waals surface area contributed by atoms with Gasteiger partial charge in [-0.05, 0) is 49.7 Å². The summed E-state index contributed by atoms with van der Waals surface area (Å²) in [7, 11) is -3.40. The molecule has 2 rings (SSSR count). The molecule has 0 saturated carbocycles. The molecular weight excluding hydrogens is 324 g/mol. The van der Waals surface area contributed by atoms with E-state index in [1.165, 1.54) is 6.92 Å². The summed E-state index contributed by atoms with van der Waals surface area (Å²) >= 11 is 0. The Morgan fingerprint density at radius 3 is 2.08 bits per heavy atom. The van der Waals surface area contributed by atoms with Crippen molar-refractivity contribution >= 4 is 32.8 Å². The summed E-state index contributed by atoms with van der Waals surface area (Å²) in [5.74, 6) is -0.492. The maximum absolute atomic E-state index is 12.1. The standard InChI is InChI=1S/C18H22N2O3S/c1-3-13-24(22,23)14(2)18(21)20-17-11-9-16(10-12-17)19-15-7-5-4-6-8-15/h4-12,14,19H,3,13H2,1-2H3,(H,20,21). The summed E-state index contributed by atoms with van der Waals surface area (Å²) in [6.07, 6.45) is 0.500. The van der Waals surface area contributed by atoms with E-state index in [9.17, 15) is 13.2 Å². The molecule has 1 amide bonds. The summed E-state index contributed by atoms with van der Waals surface area (Å²) in [5.41, 5.74) is 2.41. The SMILES string of the molecule is CCCS(=O)(=O)C(C)C(=O)Nc1ccc(Nc2ccccc2)cc1. The second-order valence-electron chi connectivity index (χ2n) is 5.57. The third-order valence-corrected chi connectivity index (χ3v) is 5.88. The molecule has 5 nitrogen and oxygen atoms in total. The molecule has 0 aliphatic carbocycles. The number of hydrogen-bond donors (Lipinski definition) is 2. The van der Waals surface area contributed by atoms with Crippen molar-refractivity contribution in [1.29, 1.82) is 0 Å². The van der Waals surface area contributed by atoms with Crippen LogP contribution in [0.1, 0.15) is 20.3 Å². The molecule has 0 heterocycles. The van der Waals surface area contributed by atoms with E-state index in [-0.39, 0.29) is 5.75 Å². The van der Waals surface area contributed by atoms with E-state index in [2.05, 4.69) is 10.6 Å². The van der Waals surface area contributed by atoms with Gasteiger partial charge >= 0.3 is 0 Å². The maximum atomic E-state index is 12.1. The smallest absolute Gasteiger partial charge is 0.242 e. The van der Waals surface area contributed by atoms with Crippen LogP contribution in [0.4, 0.5) is 17.1 Å². The third-order valence-electron chi connectivity index (χ3n) is 3.61. The number of carbonyl (C=O) groups is 1. The zero-order valence-electron chi connectivity index (χ0n) is 13.8. The van der Waals surface area contributed by atoms with Gasteiger partial charge in [0.1, 0.15) is 5.25 Å². The van der Waals surface area contributed by atoms with Gasteiger partial charge in [-0.25, -0.2) is 8.42 Å². The number of hydrogen-bond acceptors (Lipinski definition) is 4. The number of carbonyl (C=O) groups excluding carboxylic acids is 1. The summed E-state index contributed by atoms with van der Waals surface area (Å²) in [6.45, 7) is 3.20. The molecule has 0 aromatic heterocycles. The number of para-hydroxylation sites is 1. The molecule has 24 heavy (non-hydrogen) atoms. The van der Waals surface area contributed by atoms with E-state index >= 15 is 0 Å². The average molecular weight is 346 g/mol. The number of rotatable bonds is 7. The van der Waals surface area contributed by atoms with Gasteiger partial charge in [0.25, 0.3) is 0 Å². The number of anilines is 3. The van der Waals surface area contributed by atoms with Gasteiger partial charge in [0.2, 0.25) is 5.91 Å². The van der Waals surface area contributed by atoms with Gasteiger partial charge in [0.05, 0.1) is 5.75 Å². The van der Waals surface area contributed by atoms with Crippen molar-refractivity contribution in [2.75, 3.05) is 16.4 Å². The monoisotopic (exact) mass is 346 g/mol. The normalized spacial score (nSPS) is 12.4. The maximum Gasteiger partial charge on any atom is 0.242 e. The van der Waals surface area contributed by atoms with Gasteiger partial charge < -0.3 is 10.6 Å². The summed E-state index contributed by atoms with van der Waals surface area (Å²) < 4.78 is 23.9. The molecule has 1 unspecified atom stereocenters. The molecule has 0 aliphatic heterocycles. The Kier molecular flexibility index (Phi) is 5.98. The summed E-state index contributed by atoms with van der Waals surface area (Å²) in [6, 6.07) is 16.9.